The van der Waals surface area contributed by atoms with E-state index in [1.807, 2.05) is 12.1 Å². The Hall–Kier alpha value is -1.71. The van der Waals surface area contributed by atoms with Crippen LogP contribution in [0.5, 0.6) is 0 Å². The van der Waals surface area contributed by atoms with E-state index in [0.29, 0.717) is 0 Å². The maximum Gasteiger partial charge on any atom is 0.0258 e. The molecular weight excluding hydrogens is 312 g/mol. The fourth-order valence-corrected chi connectivity index (χ4v) is 4.05. The van der Waals surface area contributed by atoms with Crippen LogP contribution in [0.1, 0.15) is 62.5 Å². The van der Waals surface area contributed by atoms with E-state index in [1.165, 1.54) is 55.2 Å². The summed E-state index contributed by atoms with van der Waals surface area (Å²) in [6.45, 7) is 2.31. The van der Waals surface area contributed by atoms with E-state index >= 15 is 0 Å². The summed E-state index contributed by atoms with van der Waals surface area (Å²) in [5.74, 6) is 4.60. The van der Waals surface area contributed by atoms with Crippen LogP contribution >= 0.6 is 11.6 Å². The first-order valence-corrected chi connectivity index (χ1v) is 9.50. The average molecular weight is 337 g/mol. The van der Waals surface area contributed by atoms with E-state index in [-0.39, 0.29) is 0 Å². The summed E-state index contributed by atoms with van der Waals surface area (Å²) >= 11 is 5.45. The molecule has 0 radical (unpaired) electrons. The molecule has 1 saturated carbocycles. The van der Waals surface area contributed by atoms with Gasteiger partial charge in [0.2, 0.25) is 0 Å². The first kappa shape index (κ1) is 17.1. The van der Waals surface area contributed by atoms with E-state index in [9.17, 15) is 0 Å². The molecule has 1 fully saturated rings. The largest absolute Gasteiger partial charge is 0.0654 e. The van der Waals surface area contributed by atoms with Crippen LogP contribution in [0.25, 0.3) is 11.1 Å². The van der Waals surface area contributed by atoms with Gasteiger partial charge in [0.05, 0.1) is 0 Å². The highest BCUT2D eigenvalue weighted by Gasteiger charge is 2.21. The number of hydrogen-bond donors (Lipinski definition) is 0. The van der Waals surface area contributed by atoms with E-state index < -0.39 is 0 Å². The van der Waals surface area contributed by atoms with Crippen molar-refractivity contribution in [2.75, 3.05) is 0 Å². The lowest BCUT2D eigenvalue weighted by molar-refractivity contribution is 0.308. The van der Waals surface area contributed by atoms with E-state index in [4.69, 9.17) is 11.6 Å². The van der Waals surface area contributed by atoms with Gasteiger partial charge in [-0.15, -0.1) is 0 Å². The normalized spacial score (nSPS) is 20.2. The number of hydrogen-bond acceptors (Lipinski definition) is 0. The van der Waals surface area contributed by atoms with Gasteiger partial charge in [-0.1, -0.05) is 56.2 Å². The van der Waals surface area contributed by atoms with Crippen molar-refractivity contribution in [2.24, 2.45) is 5.92 Å². The molecule has 2 aromatic rings. The zero-order valence-electron chi connectivity index (χ0n) is 14.4. The molecule has 0 nitrogen and oxygen atoms in total. The van der Waals surface area contributed by atoms with Crippen molar-refractivity contribution in [1.29, 1.82) is 0 Å². The molecule has 0 saturated heterocycles. The second kappa shape index (κ2) is 8.41. The minimum atomic E-state index is 0.758. The number of benzene rings is 2. The lowest BCUT2D eigenvalue weighted by Gasteiger charge is -2.28. The lowest BCUT2D eigenvalue weighted by atomic mass is 9.77. The summed E-state index contributed by atoms with van der Waals surface area (Å²) in [5, 5.41) is 2.42. The van der Waals surface area contributed by atoms with Gasteiger partial charge in [0.1, 0.15) is 0 Å². The summed E-state index contributed by atoms with van der Waals surface area (Å²) in [6.07, 6.45) is 8.27. The Balaban J connectivity index is 1.66. The quantitative estimate of drug-likeness (QED) is 0.528. The minimum absolute atomic E-state index is 0.758. The highest BCUT2D eigenvalue weighted by Crippen LogP contribution is 2.37. The van der Waals surface area contributed by atoms with E-state index in [2.05, 4.69) is 54.6 Å². The zero-order valence-corrected chi connectivity index (χ0v) is 15.2. The smallest absolute Gasteiger partial charge is 0.0258 e. The second-order valence-electron chi connectivity index (χ2n) is 6.93. The Bertz CT molecular complexity index is 692. The standard InChI is InChI=1S/C23H25Cl/c1-2-3-18-4-8-20(9-5-18)22-12-14-23(15-13-22)21-10-6-19(7-11-21)16-17-24/h6-7,10-15,18,20H,2-5,8-9H2,1H3/t18-,20-. The molecule has 0 aliphatic heterocycles. The van der Waals surface area contributed by atoms with Gasteiger partial charge in [0, 0.05) is 10.9 Å². The molecule has 0 unspecified atom stereocenters. The van der Waals surface area contributed by atoms with Crippen LogP contribution in [0, 0.1) is 17.2 Å². The van der Waals surface area contributed by atoms with Crippen molar-refractivity contribution in [3.63, 3.8) is 0 Å². The van der Waals surface area contributed by atoms with Crippen molar-refractivity contribution in [2.45, 2.75) is 51.4 Å². The Morgan fingerprint density at radius 3 is 2.00 bits per heavy atom. The Morgan fingerprint density at radius 2 is 1.46 bits per heavy atom. The second-order valence-corrected chi connectivity index (χ2v) is 7.11. The van der Waals surface area contributed by atoms with Gasteiger partial charge < -0.3 is 0 Å². The molecule has 0 aromatic heterocycles. The first-order chi connectivity index (χ1) is 11.8. The van der Waals surface area contributed by atoms with Crippen molar-refractivity contribution < 1.29 is 0 Å². The predicted octanol–water partition coefficient (Wildman–Crippen LogP) is 6.98. The van der Waals surface area contributed by atoms with Crippen LogP contribution in [-0.2, 0) is 0 Å². The Labute approximate surface area is 151 Å². The molecule has 0 bridgehead atoms. The third-order valence-corrected chi connectivity index (χ3v) is 5.43. The van der Waals surface area contributed by atoms with Crippen LogP contribution in [0.3, 0.4) is 0 Å². The third kappa shape index (κ3) is 4.22. The third-order valence-electron chi connectivity index (χ3n) is 5.34. The first-order valence-electron chi connectivity index (χ1n) is 9.12. The molecule has 1 aliphatic rings. The average Bonchev–Trinajstić information content (AvgIpc) is 2.64. The van der Waals surface area contributed by atoms with Gasteiger partial charge >= 0.3 is 0 Å². The molecule has 124 valence electrons. The summed E-state index contributed by atoms with van der Waals surface area (Å²) in [7, 11) is 0. The SMILES string of the molecule is CCC[C@H]1CC[C@H](c2ccc(-c3ccc(C#CCl)cc3)cc2)CC1. The molecule has 0 heterocycles. The van der Waals surface area contributed by atoms with Gasteiger partial charge in [0.15, 0.2) is 0 Å². The molecule has 2 aromatic carbocycles. The molecule has 0 atom stereocenters. The zero-order chi connectivity index (χ0) is 16.8. The minimum Gasteiger partial charge on any atom is -0.0654 e. The number of rotatable bonds is 4. The van der Waals surface area contributed by atoms with Crippen molar-refractivity contribution in [1.82, 2.24) is 0 Å². The maximum absolute atomic E-state index is 5.45. The van der Waals surface area contributed by atoms with E-state index in [0.717, 1.165) is 17.4 Å². The summed E-state index contributed by atoms with van der Waals surface area (Å²) in [4.78, 5) is 0. The van der Waals surface area contributed by atoms with Crippen molar-refractivity contribution in [3.05, 3.63) is 59.7 Å². The monoisotopic (exact) mass is 336 g/mol. The highest BCUT2D eigenvalue weighted by molar-refractivity contribution is 6.30. The highest BCUT2D eigenvalue weighted by atomic mass is 35.5. The maximum atomic E-state index is 5.45. The van der Waals surface area contributed by atoms with Gasteiger partial charge in [-0.3, -0.25) is 0 Å². The van der Waals surface area contributed by atoms with Crippen LogP contribution < -0.4 is 0 Å². The molecule has 3 rings (SSSR count). The van der Waals surface area contributed by atoms with Crippen LogP contribution in [0.4, 0.5) is 0 Å². The van der Waals surface area contributed by atoms with Gasteiger partial charge in [-0.05, 0) is 83.9 Å². The fraction of sp³-hybridized carbons (Fsp3) is 0.391. The molecule has 0 amide bonds. The number of halogens is 1. The Morgan fingerprint density at radius 1 is 0.875 bits per heavy atom. The van der Waals surface area contributed by atoms with Gasteiger partial charge in [0.25, 0.3) is 0 Å². The van der Waals surface area contributed by atoms with Crippen LogP contribution in [0.15, 0.2) is 48.5 Å². The molecule has 1 heteroatoms. The lowest BCUT2D eigenvalue weighted by Crippen LogP contribution is -2.13. The topological polar surface area (TPSA) is 0 Å². The summed E-state index contributed by atoms with van der Waals surface area (Å²) in [5.41, 5.74) is 4.96. The molecule has 24 heavy (non-hydrogen) atoms. The van der Waals surface area contributed by atoms with Gasteiger partial charge in [-0.25, -0.2) is 0 Å². The fourth-order valence-electron chi connectivity index (χ4n) is 3.94. The van der Waals surface area contributed by atoms with Crippen LogP contribution in [0.2, 0.25) is 0 Å². The molecular formula is C23H25Cl. The van der Waals surface area contributed by atoms with Crippen molar-refractivity contribution in [3.8, 4) is 22.4 Å². The van der Waals surface area contributed by atoms with Crippen LogP contribution in [-0.4, -0.2) is 0 Å². The molecule has 1 aliphatic carbocycles. The summed E-state index contributed by atoms with van der Waals surface area (Å²) < 4.78 is 0. The predicted molar refractivity (Wildman–Crippen MR) is 104 cm³/mol. The van der Waals surface area contributed by atoms with Crippen molar-refractivity contribution >= 4 is 11.6 Å². The molecule has 0 spiro atoms. The summed E-state index contributed by atoms with van der Waals surface area (Å²) in [6, 6.07) is 17.4. The van der Waals surface area contributed by atoms with Gasteiger partial charge in [-0.2, -0.15) is 0 Å². The van der Waals surface area contributed by atoms with E-state index in [1.54, 1.807) is 0 Å². The Kier molecular flexibility index (Phi) is 6.00. The molecule has 0 N–H and O–H groups in total.